The summed E-state index contributed by atoms with van der Waals surface area (Å²) in [6, 6.07) is 23.1. The molecule has 0 unspecified atom stereocenters. The molecular weight excluding hydrogens is 489 g/mol. The van der Waals surface area contributed by atoms with Gasteiger partial charge in [0.1, 0.15) is 5.82 Å². The van der Waals surface area contributed by atoms with Gasteiger partial charge in [-0.15, -0.1) is 0 Å². The number of rotatable bonds is 6. The van der Waals surface area contributed by atoms with E-state index in [0.717, 1.165) is 24.1 Å². The van der Waals surface area contributed by atoms with Gasteiger partial charge in [0, 0.05) is 48.9 Å². The summed E-state index contributed by atoms with van der Waals surface area (Å²) in [6.07, 6.45) is 2.74. The highest BCUT2D eigenvalue weighted by molar-refractivity contribution is 6.30. The standard InChI is InChI=1S/C30H29ClFN3O2/c1-33(25-14-15-34(19-25)20-29(36)22-10-6-3-7-11-22)30(37)35-18-23(26-17-24(31)12-13-27(26)32)16-28(35)21-8-4-2-5-9-21/h2-13,16-17,25,28H,14-15,18-20H2,1H3/t25-,28+/m1/s1. The van der Waals surface area contributed by atoms with Crippen molar-refractivity contribution in [2.45, 2.75) is 18.5 Å². The predicted molar refractivity (Wildman–Crippen MR) is 144 cm³/mol. The van der Waals surface area contributed by atoms with Gasteiger partial charge in [-0.25, -0.2) is 9.18 Å². The summed E-state index contributed by atoms with van der Waals surface area (Å²) in [5.74, 6) is -0.282. The molecule has 1 saturated heterocycles. The summed E-state index contributed by atoms with van der Waals surface area (Å²) in [7, 11) is 1.82. The number of halogens is 2. The Kier molecular flexibility index (Phi) is 7.40. The van der Waals surface area contributed by atoms with Crippen molar-refractivity contribution in [2.24, 2.45) is 0 Å². The second-order valence-electron chi connectivity index (χ2n) is 9.66. The van der Waals surface area contributed by atoms with Crippen LogP contribution in [0.5, 0.6) is 0 Å². The molecule has 190 valence electrons. The van der Waals surface area contributed by atoms with Crippen LogP contribution in [0.1, 0.15) is 33.9 Å². The zero-order valence-electron chi connectivity index (χ0n) is 20.7. The highest BCUT2D eigenvalue weighted by atomic mass is 35.5. The number of likely N-dealkylation sites (tertiary alicyclic amines) is 1. The first-order valence-electron chi connectivity index (χ1n) is 12.5. The first kappa shape index (κ1) is 25.2. The van der Waals surface area contributed by atoms with Crippen LogP contribution in [0, 0.1) is 5.82 Å². The van der Waals surface area contributed by atoms with Gasteiger partial charge in [-0.3, -0.25) is 9.69 Å². The molecule has 0 radical (unpaired) electrons. The topological polar surface area (TPSA) is 43.9 Å². The summed E-state index contributed by atoms with van der Waals surface area (Å²) in [5, 5.41) is 0.451. The van der Waals surface area contributed by atoms with Crippen LogP contribution in [0.3, 0.4) is 0 Å². The Bertz CT molecular complexity index is 1310. The summed E-state index contributed by atoms with van der Waals surface area (Å²) in [5.41, 5.74) is 2.81. The molecule has 2 amide bonds. The third-order valence-electron chi connectivity index (χ3n) is 7.26. The van der Waals surface area contributed by atoms with Crippen molar-refractivity contribution in [3.63, 3.8) is 0 Å². The van der Waals surface area contributed by atoms with Crippen LogP contribution in [0.25, 0.3) is 5.57 Å². The first-order chi connectivity index (χ1) is 17.9. The quantitative estimate of drug-likeness (QED) is 0.381. The van der Waals surface area contributed by atoms with Gasteiger partial charge >= 0.3 is 6.03 Å². The number of Topliss-reactive ketones (excluding diaryl/α,β-unsaturated/α-hetero) is 1. The van der Waals surface area contributed by atoms with Crippen LogP contribution in [-0.4, -0.2) is 65.8 Å². The summed E-state index contributed by atoms with van der Waals surface area (Å²) in [4.78, 5) is 32.1. The maximum Gasteiger partial charge on any atom is 0.321 e. The number of hydrogen-bond acceptors (Lipinski definition) is 3. The van der Waals surface area contributed by atoms with E-state index < -0.39 is 0 Å². The number of carbonyl (C=O) groups excluding carboxylic acids is 2. The van der Waals surface area contributed by atoms with Crippen molar-refractivity contribution >= 4 is 29.0 Å². The van der Waals surface area contributed by atoms with E-state index in [2.05, 4.69) is 4.90 Å². The van der Waals surface area contributed by atoms with Gasteiger partial charge in [-0.05, 0) is 35.8 Å². The molecule has 2 atom stereocenters. The lowest BCUT2D eigenvalue weighted by atomic mass is 10.0. The fraction of sp³-hybridized carbons (Fsp3) is 0.267. The smallest absolute Gasteiger partial charge is 0.321 e. The Morgan fingerprint density at radius 2 is 1.73 bits per heavy atom. The van der Waals surface area contributed by atoms with E-state index in [-0.39, 0.29) is 36.3 Å². The zero-order chi connectivity index (χ0) is 25.9. The van der Waals surface area contributed by atoms with Crippen LogP contribution in [0.2, 0.25) is 5.02 Å². The molecule has 2 heterocycles. The lowest BCUT2D eigenvalue weighted by Crippen LogP contribution is -2.47. The molecule has 1 fully saturated rings. The summed E-state index contributed by atoms with van der Waals surface area (Å²) >= 11 is 6.16. The van der Waals surface area contributed by atoms with E-state index in [1.54, 1.807) is 15.9 Å². The molecule has 0 aliphatic carbocycles. The number of benzene rings is 3. The second-order valence-corrected chi connectivity index (χ2v) is 10.1. The number of urea groups is 1. The summed E-state index contributed by atoms with van der Waals surface area (Å²) < 4.78 is 14.7. The van der Waals surface area contributed by atoms with Gasteiger partial charge in [-0.2, -0.15) is 0 Å². The van der Waals surface area contributed by atoms with Crippen molar-refractivity contribution in [3.8, 4) is 0 Å². The van der Waals surface area contributed by atoms with Gasteiger partial charge in [-0.1, -0.05) is 78.3 Å². The number of nitrogens with zero attached hydrogens (tertiary/aromatic N) is 3. The molecular formula is C30H29ClFN3O2. The number of likely N-dealkylation sites (N-methyl/N-ethyl adjacent to an activating group) is 1. The molecule has 3 aromatic carbocycles. The molecule has 2 aliphatic rings. The zero-order valence-corrected chi connectivity index (χ0v) is 21.4. The van der Waals surface area contributed by atoms with Crippen LogP contribution >= 0.6 is 11.6 Å². The minimum absolute atomic E-state index is 0.0144. The van der Waals surface area contributed by atoms with Crippen LogP contribution < -0.4 is 0 Å². The monoisotopic (exact) mass is 517 g/mol. The largest absolute Gasteiger partial charge is 0.323 e. The number of hydrogen-bond donors (Lipinski definition) is 0. The number of amides is 2. The maximum absolute atomic E-state index is 14.7. The van der Waals surface area contributed by atoms with Crippen molar-refractivity contribution < 1.29 is 14.0 Å². The number of ketones is 1. The third-order valence-corrected chi connectivity index (χ3v) is 7.49. The lowest BCUT2D eigenvalue weighted by molar-refractivity contribution is 0.0940. The van der Waals surface area contributed by atoms with Gasteiger partial charge in [0.2, 0.25) is 0 Å². The normalized spacial score (nSPS) is 19.6. The SMILES string of the molecule is CN(C(=O)N1CC(c2cc(Cl)ccc2F)=C[C@H]1c1ccccc1)[C@@H]1CCN(CC(=O)c2ccccc2)C1. The molecule has 0 bridgehead atoms. The van der Waals surface area contributed by atoms with E-state index in [4.69, 9.17) is 11.6 Å². The molecule has 0 N–H and O–H groups in total. The molecule has 5 rings (SSSR count). The Morgan fingerprint density at radius 3 is 2.46 bits per heavy atom. The Morgan fingerprint density at radius 1 is 1.03 bits per heavy atom. The van der Waals surface area contributed by atoms with Crippen molar-refractivity contribution in [2.75, 3.05) is 33.2 Å². The van der Waals surface area contributed by atoms with Gasteiger partial charge in [0.25, 0.3) is 0 Å². The van der Waals surface area contributed by atoms with Gasteiger partial charge in [0.15, 0.2) is 5.78 Å². The van der Waals surface area contributed by atoms with E-state index in [1.807, 2.05) is 73.8 Å². The molecule has 0 aromatic heterocycles. The van der Waals surface area contributed by atoms with E-state index in [0.29, 0.717) is 29.2 Å². The average molecular weight is 518 g/mol. The van der Waals surface area contributed by atoms with E-state index >= 15 is 0 Å². The predicted octanol–water partition coefficient (Wildman–Crippen LogP) is 5.93. The summed E-state index contributed by atoms with van der Waals surface area (Å²) in [6.45, 7) is 2.00. The molecule has 0 spiro atoms. The van der Waals surface area contributed by atoms with Gasteiger partial charge in [0.05, 0.1) is 12.6 Å². The fourth-order valence-electron chi connectivity index (χ4n) is 5.20. The fourth-order valence-corrected chi connectivity index (χ4v) is 5.37. The van der Waals surface area contributed by atoms with Crippen LogP contribution in [0.4, 0.5) is 9.18 Å². The highest BCUT2D eigenvalue weighted by Crippen LogP contribution is 2.37. The van der Waals surface area contributed by atoms with Crippen molar-refractivity contribution in [3.05, 3.63) is 112 Å². The second kappa shape index (κ2) is 10.9. The molecule has 3 aromatic rings. The molecule has 37 heavy (non-hydrogen) atoms. The van der Waals surface area contributed by atoms with E-state index in [9.17, 15) is 14.0 Å². The molecule has 7 heteroatoms. The van der Waals surface area contributed by atoms with E-state index in [1.165, 1.54) is 12.1 Å². The first-order valence-corrected chi connectivity index (χ1v) is 12.8. The van der Waals surface area contributed by atoms with Crippen molar-refractivity contribution in [1.29, 1.82) is 0 Å². The minimum Gasteiger partial charge on any atom is -0.323 e. The lowest BCUT2D eigenvalue weighted by Gasteiger charge is -2.33. The minimum atomic E-state index is -0.361. The van der Waals surface area contributed by atoms with Crippen LogP contribution in [-0.2, 0) is 0 Å². The Hall–Kier alpha value is -3.48. The Labute approximate surface area is 221 Å². The average Bonchev–Trinajstić information content (AvgIpc) is 3.58. The van der Waals surface area contributed by atoms with Gasteiger partial charge < -0.3 is 9.80 Å². The molecule has 2 aliphatic heterocycles. The number of carbonyl (C=O) groups is 2. The molecule has 5 nitrogen and oxygen atoms in total. The van der Waals surface area contributed by atoms with Crippen LogP contribution in [0.15, 0.2) is 84.9 Å². The highest BCUT2D eigenvalue weighted by Gasteiger charge is 2.37. The Balaban J connectivity index is 1.31. The van der Waals surface area contributed by atoms with Crippen molar-refractivity contribution in [1.82, 2.24) is 14.7 Å². The third kappa shape index (κ3) is 5.45. The molecule has 0 saturated carbocycles. The maximum atomic E-state index is 14.7.